The molecule has 1 N–H and O–H groups in total. The van der Waals surface area contributed by atoms with Gasteiger partial charge in [-0.2, -0.15) is 0 Å². The van der Waals surface area contributed by atoms with Gasteiger partial charge in [0.25, 0.3) is 0 Å². The molecule has 25 heavy (non-hydrogen) atoms. The molecule has 1 amide bonds. The first-order valence-electron chi connectivity index (χ1n) is 9.12. The number of methoxy groups -OCH3 is 1. The quantitative estimate of drug-likeness (QED) is 0.907. The third-order valence-corrected chi connectivity index (χ3v) is 5.47. The van der Waals surface area contributed by atoms with Crippen LogP contribution in [0.1, 0.15) is 38.2 Å². The Morgan fingerprint density at radius 1 is 1.36 bits per heavy atom. The predicted molar refractivity (Wildman–Crippen MR) is 101 cm³/mol. The summed E-state index contributed by atoms with van der Waals surface area (Å²) in [5, 5.41) is 1.24. The van der Waals surface area contributed by atoms with Crippen LogP contribution in [-0.4, -0.2) is 60.5 Å². The number of carbonyl (C=O) groups excluding carboxylic acids is 1. The van der Waals surface area contributed by atoms with E-state index in [2.05, 4.69) is 42.1 Å². The zero-order valence-corrected chi connectivity index (χ0v) is 15.7. The Morgan fingerprint density at radius 3 is 2.72 bits per heavy atom. The van der Waals surface area contributed by atoms with Crippen LogP contribution < -0.4 is 4.74 Å². The van der Waals surface area contributed by atoms with Crippen molar-refractivity contribution in [2.75, 3.05) is 33.8 Å². The molecule has 0 atom stereocenters. The van der Waals surface area contributed by atoms with Crippen LogP contribution >= 0.6 is 0 Å². The Labute approximate surface area is 149 Å². The highest BCUT2D eigenvalue weighted by Crippen LogP contribution is 2.34. The molecule has 5 heteroatoms. The molecule has 0 aliphatic carbocycles. The monoisotopic (exact) mass is 343 g/mol. The van der Waals surface area contributed by atoms with Crippen molar-refractivity contribution in [2.45, 2.75) is 38.6 Å². The molecule has 0 unspecified atom stereocenters. The molecule has 0 radical (unpaired) electrons. The fraction of sp³-hybridized carbons (Fsp3) is 0.550. The number of ether oxygens (including phenoxy) is 1. The van der Waals surface area contributed by atoms with Gasteiger partial charge in [0.15, 0.2) is 0 Å². The number of aromatic nitrogens is 1. The SMILES string of the molecule is COc1ccc2[nH]cc(C3CCN(C(=O)CN(C)C(C)C)CC3)c2c1. The van der Waals surface area contributed by atoms with E-state index in [9.17, 15) is 4.79 Å². The van der Waals surface area contributed by atoms with Gasteiger partial charge in [-0.25, -0.2) is 0 Å². The first kappa shape index (κ1) is 17.8. The summed E-state index contributed by atoms with van der Waals surface area (Å²) >= 11 is 0. The predicted octanol–water partition coefficient (Wildman–Crippen LogP) is 3.22. The number of rotatable bonds is 5. The molecule has 5 nitrogen and oxygen atoms in total. The average Bonchev–Trinajstić information content (AvgIpc) is 3.04. The standard InChI is InChI=1S/C20H29N3O2/c1-14(2)22(3)13-20(24)23-9-7-15(8-10-23)18-12-21-19-6-5-16(25-4)11-17(18)19/h5-6,11-12,14-15,21H,7-10,13H2,1-4H3. The van der Waals surface area contributed by atoms with Crippen LogP contribution in [0.2, 0.25) is 0 Å². The molecule has 0 bridgehead atoms. The Kier molecular flexibility index (Phi) is 5.33. The number of benzene rings is 1. The van der Waals surface area contributed by atoms with E-state index in [4.69, 9.17) is 4.74 Å². The molecule has 136 valence electrons. The van der Waals surface area contributed by atoms with Crippen molar-refractivity contribution in [3.63, 3.8) is 0 Å². The van der Waals surface area contributed by atoms with Crippen molar-refractivity contribution in [3.05, 3.63) is 30.0 Å². The minimum absolute atomic E-state index is 0.246. The molecule has 0 saturated carbocycles. The number of fused-ring (bicyclic) bond motifs is 1. The van der Waals surface area contributed by atoms with Gasteiger partial charge in [0.2, 0.25) is 5.91 Å². The zero-order chi connectivity index (χ0) is 18.0. The second kappa shape index (κ2) is 7.48. The first-order chi connectivity index (χ1) is 12.0. The largest absolute Gasteiger partial charge is 0.497 e. The van der Waals surface area contributed by atoms with Crippen LogP contribution in [0.15, 0.2) is 24.4 Å². The highest BCUT2D eigenvalue weighted by atomic mass is 16.5. The summed E-state index contributed by atoms with van der Waals surface area (Å²) in [7, 11) is 3.71. The summed E-state index contributed by atoms with van der Waals surface area (Å²) in [6.07, 6.45) is 4.15. The van der Waals surface area contributed by atoms with Gasteiger partial charge in [-0.3, -0.25) is 9.69 Å². The maximum atomic E-state index is 12.5. The summed E-state index contributed by atoms with van der Waals surface area (Å²) in [5.41, 5.74) is 2.49. The van der Waals surface area contributed by atoms with E-state index >= 15 is 0 Å². The van der Waals surface area contributed by atoms with E-state index in [1.165, 1.54) is 10.9 Å². The molecular weight excluding hydrogens is 314 g/mol. The van der Waals surface area contributed by atoms with Gasteiger partial charge >= 0.3 is 0 Å². The first-order valence-corrected chi connectivity index (χ1v) is 9.12. The Morgan fingerprint density at radius 2 is 2.08 bits per heavy atom. The molecule has 2 heterocycles. The Bertz CT molecular complexity index is 730. The maximum absolute atomic E-state index is 12.5. The van der Waals surface area contributed by atoms with Crippen LogP contribution in [-0.2, 0) is 4.79 Å². The maximum Gasteiger partial charge on any atom is 0.236 e. The van der Waals surface area contributed by atoms with Gasteiger partial charge in [-0.1, -0.05) is 0 Å². The number of H-pyrrole nitrogens is 1. The van der Waals surface area contributed by atoms with Gasteiger partial charge in [0, 0.05) is 36.2 Å². The van der Waals surface area contributed by atoms with Crippen molar-refractivity contribution in [1.29, 1.82) is 0 Å². The number of carbonyl (C=O) groups is 1. The molecule has 1 fully saturated rings. The number of nitrogens with zero attached hydrogens (tertiary/aromatic N) is 2. The average molecular weight is 343 g/mol. The van der Waals surface area contributed by atoms with E-state index < -0.39 is 0 Å². The van der Waals surface area contributed by atoms with E-state index in [0.717, 1.165) is 37.2 Å². The minimum Gasteiger partial charge on any atom is -0.497 e. The number of hydrogen-bond donors (Lipinski definition) is 1. The number of nitrogens with one attached hydrogen (secondary N) is 1. The molecular formula is C20H29N3O2. The molecule has 1 aromatic carbocycles. The van der Waals surface area contributed by atoms with E-state index in [-0.39, 0.29) is 5.91 Å². The lowest BCUT2D eigenvalue weighted by molar-refractivity contribution is -0.133. The lowest BCUT2D eigenvalue weighted by Gasteiger charge is -2.33. The van der Waals surface area contributed by atoms with Gasteiger partial charge in [0.05, 0.1) is 13.7 Å². The van der Waals surface area contributed by atoms with E-state index in [0.29, 0.717) is 18.5 Å². The van der Waals surface area contributed by atoms with Crippen molar-refractivity contribution >= 4 is 16.8 Å². The van der Waals surface area contributed by atoms with Crippen LogP contribution in [0.4, 0.5) is 0 Å². The third-order valence-electron chi connectivity index (χ3n) is 5.47. The summed E-state index contributed by atoms with van der Waals surface area (Å²) < 4.78 is 5.37. The van der Waals surface area contributed by atoms with Crippen LogP contribution in [0.3, 0.4) is 0 Å². The molecule has 2 aromatic rings. The second-order valence-corrected chi connectivity index (χ2v) is 7.32. The van der Waals surface area contributed by atoms with Gasteiger partial charge in [-0.05, 0) is 63.4 Å². The molecule has 1 aromatic heterocycles. The molecule has 1 aliphatic heterocycles. The van der Waals surface area contributed by atoms with Crippen LogP contribution in [0.25, 0.3) is 10.9 Å². The highest BCUT2D eigenvalue weighted by molar-refractivity contribution is 5.85. The number of amides is 1. The fourth-order valence-electron chi connectivity index (χ4n) is 3.52. The smallest absolute Gasteiger partial charge is 0.236 e. The lowest BCUT2D eigenvalue weighted by Crippen LogP contribution is -2.44. The topological polar surface area (TPSA) is 48.6 Å². The zero-order valence-electron chi connectivity index (χ0n) is 15.7. The summed E-state index contributed by atoms with van der Waals surface area (Å²) in [6, 6.07) is 6.55. The third kappa shape index (κ3) is 3.82. The van der Waals surface area contributed by atoms with Crippen molar-refractivity contribution < 1.29 is 9.53 Å². The number of likely N-dealkylation sites (N-methyl/N-ethyl adjacent to an activating group) is 1. The molecule has 1 saturated heterocycles. The summed E-state index contributed by atoms with van der Waals surface area (Å²) in [6.45, 7) is 6.42. The van der Waals surface area contributed by atoms with E-state index in [1.807, 2.05) is 18.0 Å². The van der Waals surface area contributed by atoms with Crippen molar-refractivity contribution in [1.82, 2.24) is 14.8 Å². The van der Waals surface area contributed by atoms with Crippen molar-refractivity contribution in [2.24, 2.45) is 0 Å². The Balaban J connectivity index is 1.65. The van der Waals surface area contributed by atoms with Crippen molar-refractivity contribution in [3.8, 4) is 5.75 Å². The fourth-order valence-corrected chi connectivity index (χ4v) is 3.52. The van der Waals surface area contributed by atoms with Crippen LogP contribution in [0.5, 0.6) is 5.75 Å². The van der Waals surface area contributed by atoms with E-state index in [1.54, 1.807) is 7.11 Å². The van der Waals surface area contributed by atoms with Gasteiger partial charge in [0.1, 0.15) is 5.75 Å². The Hall–Kier alpha value is -2.01. The van der Waals surface area contributed by atoms with Crippen LogP contribution in [0, 0.1) is 0 Å². The number of piperidine rings is 1. The minimum atomic E-state index is 0.246. The summed E-state index contributed by atoms with van der Waals surface area (Å²) in [5.74, 6) is 1.63. The molecule has 0 spiro atoms. The molecule has 1 aliphatic rings. The van der Waals surface area contributed by atoms with Gasteiger partial charge < -0.3 is 14.6 Å². The molecule has 3 rings (SSSR count). The normalized spacial score (nSPS) is 16.2. The second-order valence-electron chi connectivity index (χ2n) is 7.32. The number of hydrogen-bond acceptors (Lipinski definition) is 3. The number of likely N-dealkylation sites (tertiary alicyclic amines) is 1. The number of aromatic amines is 1. The summed E-state index contributed by atoms with van der Waals surface area (Å²) in [4.78, 5) is 19.9. The highest BCUT2D eigenvalue weighted by Gasteiger charge is 2.26. The lowest BCUT2D eigenvalue weighted by atomic mass is 9.89. The van der Waals surface area contributed by atoms with Gasteiger partial charge in [-0.15, -0.1) is 0 Å².